The van der Waals surface area contributed by atoms with Gasteiger partial charge in [-0.15, -0.1) is 0 Å². The van der Waals surface area contributed by atoms with Crippen molar-refractivity contribution in [2.24, 2.45) is 11.8 Å². The van der Waals surface area contributed by atoms with Crippen LogP contribution in [0.2, 0.25) is 0 Å². The molecule has 6 nitrogen and oxygen atoms in total. The van der Waals surface area contributed by atoms with E-state index in [2.05, 4.69) is 5.32 Å². The third-order valence-corrected chi connectivity index (χ3v) is 6.55. The molecule has 1 aliphatic carbocycles. The Labute approximate surface area is 204 Å². The highest BCUT2D eigenvalue weighted by Crippen LogP contribution is 2.39. The summed E-state index contributed by atoms with van der Waals surface area (Å²) in [5.74, 6) is -0.618. The molecule has 2 atom stereocenters. The second kappa shape index (κ2) is 9.58. The molecular formula is C29H26N2O4. The van der Waals surface area contributed by atoms with Gasteiger partial charge in [-0.3, -0.25) is 19.3 Å². The van der Waals surface area contributed by atoms with E-state index >= 15 is 0 Å². The Hall–Kier alpha value is -4.19. The summed E-state index contributed by atoms with van der Waals surface area (Å²) in [6, 6.07) is 23.7. The van der Waals surface area contributed by atoms with Gasteiger partial charge in [-0.2, -0.15) is 0 Å². The molecular weight excluding hydrogens is 440 g/mol. The summed E-state index contributed by atoms with van der Waals surface area (Å²) in [5.41, 5.74) is 3.64. The van der Waals surface area contributed by atoms with Crippen molar-refractivity contribution in [1.82, 2.24) is 0 Å². The van der Waals surface area contributed by atoms with Gasteiger partial charge in [0.1, 0.15) is 12.4 Å². The summed E-state index contributed by atoms with van der Waals surface area (Å²) >= 11 is 0. The Morgan fingerprint density at radius 2 is 1.69 bits per heavy atom. The van der Waals surface area contributed by atoms with Gasteiger partial charge in [0.05, 0.1) is 17.5 Å². The zero-order chi connectivity index (χ0) is 24.4. The maximum absolute atomic E-state index is 13.0. The number of imide groups is 1. The summed E-state index contributed by atoms with van der Waals surface area (Å²) in [6.45, 7) is 2.45. The largest absolute Gasteiger partial charge is 0.489 e. The van der Waals surface area contributed by atoms with Crippen molar-refractivity contribution >= 4 is 29.1 Å². The van der Waals surface area contributed by atoms with Crippen molar-refractivity contribution in [3.8, 4) is 5.75 Å². The first kappa shape index (κ1) is 22.6. The highest BCUT2D eigenvalue weighted by Gasteiger charge is 2.48. The zero-order valence-corrected chi connectivity index (χ0v) is 19.4. The first-order valence-corrected chi connectivity index (χ1v) is 11.7. The number of rotatable bonds is 6. The maximum Gasteiger partial charge on any atom is 0.255 e. The molecule has 3 aromatic rings. The fourth-order valence-corrected chi connectivity index (χ4v) is 4.66. The molecule has 6 heteroatoms. The smallest absolute Gasteiger partial charge is 0.255 e. The molecule has 1 saturated heterocycles. The molecule has 3 amide bonds. The van der Waals surface area contributed by atoms with Crippen molar-refractivity contribution in [2.45, 2.75) is 26.4 Å². The van der Waals surface area contributed by atoms with E-state index in [9.17, 15) is 14.4 Å². The van der Waals surface area contributed by atoms with Crippen LogP contribution in [0.1, 0.15) is 35.7 Å². The van der Waals surface area contributed by atoms with Crippen molar-refractivity contribution < 1.29 is 19.1 Å². The summed E-state index contributed by atoms with van der Waals surface area (Å²) in [6.07, 6.45) is 3.23. The second-order valence-electron chi connectivity index (χ2n) is 9.02. The van der Waals surface area contributed by atoms with Gasteiger partial charge >= 0.3 is 0 Å². The van der Waals surface area contributed by atoms with Gasteiger partial charge in [-0.25, -0.2) is 0 Å². The Morgan fingerprint density at radius 3 is 2.46 bits per heavy atom. The zero-order valence-electron chi connectivity index (χ0n) is 19.4. The van der Waals surface area contributed by atoms with Gasteiger partial charge in [-0.1, -0.05) is 48.0 Å². The average Bonchev–Trinajstić information content (AvgIpc) is 3.13. The van der Waals surface area contributed by atoms with E-state index in [4.69, 9.17) is 4.74 Å². The molecule has 0 bridgehead atoms. The molecule has 176 valence electrons. The standard InChI is InChI=1S/C29H26N2O4/c1-19-10-15-25-26(16-19)29(34)31(28(25)33)23-9-5-8-21(17-23)27(32)30-22-11-13-24(14-12-22)35-18-20-6-3-2-4-7-20/h2-14,17,25-26H,15-16,18H2,1H3,(H,30,32)/t25-,26+/m0/s1. The topological polar surface area (TPSA) is 75.7 Å². The number of carbonyl (C=O) groups excluding carboxylic acids is 3. The molecule has 1 heterocycles. The third-order valence-electron chi connectivity index (χ3n) is 6.55. The highest BCUT2D eigenvalue weighted by atomic mass is 16.5. The summed E-state index contributed by atoms with van der Waals surface area (Å²) in [4.78, 5) is 40.1. The summed E-state index contributed by atoms with van der Waals surface area (Å²) < 4.78 is 5.79. The van der Waals surface area contributed by atoms with E-state index in [1.807, 2.05) is 43.3 Å². The van der Waals surface area contributed by atoms with Crippen LogP contribution in [0.25, 0.3) is 0 Å². The number of allylic oxidation sites excluding steroid dienone is 2. The quantitative estimate of drug-likeness (QED) is 0.392. The van der Waals surface area contributed by atoms with Gasteiger partial charge in [0, 0.05) is 11.3 Å². The van der Waals surface area contributed by atoms with E-state index in [0.717, 1.165) is 11.1 Å². The number of hydrogen-bond donors (Lipinski definition) is 1. The first-order valence-electron chi connectivity index (χ1n) is 11.7. The monoisotopic (exact) mass is 466 g/mol. The van der Waals surface area contributed by atoms with E-state index < -0.39 is 0 Å². The predicted octanol–water partition coefficient (Wildman–Crippen LogP) is 5.36. The Morgan fingerprint density at radius 1 is 0.943 bits per heavy atom. The third kappa shape index (κ3) is 4.73. The predicted molar refractivity (Wildman–Crippen MR) is 134 cm³/mol. The van der Waals surface area contributed by atoms with Crippen molar-refractivity contribution in [2.75, 3.05) is 10.2 Å². The van der Waals surface area contributed by atoms with Crippen LogP contribution in [0.5, 0.6) is 5.75 Å². The number of carbonyl (C=O) groups is 3. The van der Waals surface area contributed by atoms with Crippen LogP contribution in [-0.4, -0.2) is 17.7 Å². The Bertz CT molecular complexity index is 1300. The van der Waals surface area contributed by atoms with Crippen molar-refractivity contribution in [1.29, 1.82) is 0 Å². The Balaban J connectivity index is 1.25. The van der Waals surface area contributed by atoms with Gasteiger partial charge in [0.25, 0.3) is 5.91 Å². The number of nitrogens with one attached hydrogen (secondary N) is 1. The lowest BCUT2D eigenvalue weighted by Crippen LogP contribution is -2.31. The number of benzene rings is 3. The fourth-order valence-electron chi connectivity index (χ4n) is 4.66. The SMILES string of the molecule is CC1=CC[C@@H]2C(=O)N(c3cccc(C(=O)Nc4ccc(OCc5ccccc5)cc4)c3)C(=O)[C@@H]2C1. The lowest BCUT2D eigenvalue weighted by molar-refractivity contribution is -0.122. The van der Waals surface area contributed by atoms with Gasteiger partial charge in [-0.05, 0) is 67.8 Å². The number of anilines is 2. The van der Waals surface area contributed by atoms with E-state index in [0.29, 0.717) is 42.1 Å². The maximum atomic E-state index is 13.0. The fraction of sp³-hybridized carbons (Fsp3) is 0.207. The molecule has 2 aliphatic rings. The second-order valence-corrected chi connectivity index (χ2v) is 9.02. The minimum absolute atomic E-state index is 0.184. The van der Waals surface area contributed by atoms with Crippen molar-refractivity contribution in [3.63, 3.8) is 0 Å². The van der Waals surface area contributed by atoms with Gasteiger partial charge in [0.2, 0.25) is 11.8 Å². The number of hydrogen-bond acceptors (Lipinski definition) is 4. The molecule has 0 aromatic heterocycles. The van der Waals surface area contributed by atoms with Crippen LogP contribution in [0.15, 0.2) is 90.5 Å². The highest BCUT2D eigenvalue weighted by molar-refractivity contribution is 6.22. The normalized spacial score (nSPS) is 19.2. The first-order chi connectivity index (χ1) is 17.0. The van der Waals surface area contributed by atoms with E-state index in [1.54, 1.807) is 48.5 Å². The lowest BCUT2D eigenvalue weighted by Gasteiger charge is -2.18. The summed E-state index contributed by atoms with van der Waals surface area (Å²) in [5, 5.41) is 2.86. The number of amides is 3. The summed E-state index contributed by atoms with van der Waals surface area (Å²) in [7, 11) is 0. The van der Waals surface area contributed by atoms with Crippen LogP contribution < -0.4 is 15.0 Å². The number of nitrogens with zero attached hydrogens (tertiary/aromatic N) is 1. The molecule has 5 rings (SSSR count). The van der Waals surface area contributed by atoms with Crippen LogP contribution in [0.3, 0.4) is 0 Å². The molecule has 0 spiro atoms. The molecule has 1 fully saturated rings. The minimum atomic E-state index is -0.321. The molecule has 35 heavy (non-hydrogen) atoms. The van der Waals surface area contributed by atoms with Gasteiger partial charge < -0.3 is 10.1 Å². The van der Waals surface area contributed by atoms with Crippen LogP contribution in [0, 0.1) is 11.8 Å². The molecule has 0 saturated carbocycles. The minimum Gasteiger partial charge on any atom is -0.489 e. The molecule has 3 aromatic carbocycles. The molecule has 0 unspecified atom stereocenters. The molecule has 0 radical (unpaired) electrons. The van der Waals surface area contributed by atoms with Crippen LogP contribution >= 0.6 is 0 Å². The van der Waals surface area contributed by atoms with E-state index in [-0.39, 0.29) is 29.6 Å². The van der Waals surface area contributed by atoms with Crippen molar-refractivity contribution in [3.05, 3.63) is 102 Å². The Kier molecular flexibility index (Phi) is 6.19. The van der Waals surface area contributed by atoms with Gasteiger partial charge in [0.15, 0.2) is 0 Å². The number of ether oxygens (including phenoxy) is 1. The molecule has 1 N–H and O–H groups in total. The lowest BCUT2D eigenvalue weighted by atomic mass is 9.82. The average molecular weight is 467 g/mol. The van der Waals surface area contributed by atoms with E-state index in [1.165, 1.54) is 4.90 Å². The number of fused-ring (bicyclic) bond motifs is 1. The van der Waals surface area contributed by atoms with Crippen LogP contribution in [0.4, 0.5) is 11.4 Å². The molecule has 1 aliphatic heterocycles. The van der Waals surface area contributed by atoms with Crippen LogP contribution in [-0.2, 0) is 16.2 Å².